The first-order chi connectivity index (χ1) is 9.94. The number of hydrogen-bond acceptors (Lipinski definition) is 4. The molecule has 7 heteroatoms. The number of rotatable bonds is 5. The molecule has 2 rings (SSSR count). The minimum absolute atomic E-state index is 0.0890. The Balaban J connectivity index is 1.87. The maximum atomic E-state index is 12.0. The van der Waals surface area contributed by atoms with Gasteiger partial charge in [-0.15, -0.1) is 0 Å². The molecule has 0 atom stereocenters. The van der Waals surface area contributed by atoms with Crippen LogP contribution in [0.15, 0.2) is 29.0 Å². The lowest BCUT2D eigenvalue weighted by Gasteiger charge is -2.15. The maximum absolute atomic E-state index is 12.0. The molecular weight excluding hydrogens is 334 g/mol. The van der Waals surface area contributed by atoms with Gasteiger partial charge in [-0.25, -0.2) is 4.98 Å². The monoisotopic (exact) mass is 351 g/mol. The van der Waals surface area contributed by atoms with Crippen molar-refractivity contribution in [1.82, 2.24) is 19.7 Å². The summed E-state index contributed by atoms with van der Waals surface area (Å²) in [7, 11) is 3.80. The van der Waals surface area contributed by atoms with E-state index in [1.54, 1.807) is 16.9 Å². The van der Waals surface area contributed by atoms with Crippen molar-refractivity contribution in [3.63, 3.8) is 0 Å². The molecule has 2 heterocycles. The van der Waals surface area contributed by atoms with Crippen molar-refractivity contribution in [2.24, 2.45) is 7.05 Å². The zero-order valence-electron chi connectivity index (χ0n) is 12.3. The number of nitrogens with one attached hydrogen (secondary N) is 1. The number of anilines is 1. The molecule has 1 N–H and O–H groups in total. The fourth-order valence-electron chi connectivity index (χ4n) is 2.03. The Morgan fingerprint density at radius 2 is 2.24 bits per heavy atom. The van der Waals surface area contributed by atoms with Crippen molar-refractivity contribution >= 4 is 27.7 Å². The van der Waals surface area contributed by atoms with Gasteiger partial charge in [0.05, 0.1) is 12.2 Å². The van der Waals surface area contributed by atoms with Gasteiger partial charge in [0.15, 0.2) is 0 Å². The van der Waals surface area contributed by atoms with Crippen LogP contribution in [0.2, 0.25) is 0 Å². The normalized spacial score (nSPS) is 10.9. The van der Waals surface area contributed by atoms with Gasteiger partial charge in [-0.05, 0) is 42.0 Å². The topological polar surface area (TPSA) is 63.1 Å². The number of aromatic nitrogens is 3. The molecule has 2 aromatic heterocycles. The predicted molar refractivity (Wildman–Crippen MR) is 84.8 cm³/mol. The minimum atomic E-state index is -0.0890. The molecule has 0 saturated heterocycles. The van der Waals surface area contributed by atoms with Gasteiger partial charge in [-0.3, -0.25) is 14.4 Å². The van der Waals surface area contributed by atoms with Crippen LogP contribution >= 0.6 is 15.9 Å². The number of likely N-dealkylation sites (N-methyl/N-ethyl adjacent to an activating group) is 1. The van der Waals surface area contributed by atoms with Crippen molar-refractivity contribution < 1.29 is 4.79 Å². The minimum Gasteiger partial charge on any atom is -0.310 e. The third-order valence-electron chi connectivity index (χ3n) is 2.96. The summed E-state index contributed by atoms with van der Waals surface area (Å²) in [5.74, 6) is 0.461. The van der Waals surface area contributed by atoms with Crippen molar-refractivity contribution in [2.45, 2.75) is 13.5 Å². The summed E-state index contributed by atoms with van der Waals surface area (Å²) in [5.41, 5.74) is 2.11. The maximum Gasteiger partial charge on any atom is 0.239 e. The highest BCUT2D eigenvalue weighted by molar-refractivity contribution is 9.10. The second kappa shape index (κ2) is 6.82. The number of aryl methyl sites for hydroxylation is 2. The number of carbonyl (C=O) groups excluding carboxylic acids is 1. The van der Waals surface area contributed by atoms with Crippen molar-refractivity contribution in [1.29, 1.82) is 0 Å². The van der Waals surface area contributed by atoms with Gasteiger partial charge in [0, 0.05) is 36.0 Å². The lowest BCUT2D eigenvalue weighted by atomic mass is 10.2. The van der Waals surface area contributed by atoms with E-state index in [-0.39, 0.29) is 5.91 Å². The Bertz CT molecular complexity index is 623. The Kier molecular flexibility index (Phi) is 5.08. The van der Waals surface area contributed by atoms with Crippen LogP contribution in [-0.2, 0) is 18.4 Å². The SMILES string of the molecule is Cc1nn(C)cc1CN(C)CC(=O)Nc1ccc(Br)cn1. The van der Waals surface area contributed by atoms with Gasteiger partial charge in [-0.1, -0.05) is 0 Å². The van der Waals surface area contributed by atoms with E-state index >= 15 is 0 Å². The fourth-order valence-corrected chi connectivity index (χ4v) is 2.26. The quantitative estimate of drug-likeness (QED) is 0.894. The first-order valence-corrected chi connectivity index (χ1v) is 7.32. The Morgan fingerprint density at radius 1 is 1.48 bits per heavy atom. The van der Waals surface area contributed by atoms with Gasteiger partial charge in [-0.2, -0.15) is 5.10 Å². The number of amides is 1. The van der Waals surface area contributed by atoms with Gasteiger partial charge >= 0.3 is 0 Å². The summed E-state index contributed by atoms with van der Waals surface area (Å²) in [6.07, 6.45) is 3.62. The first kappa shape index (κ1) is 15.7. The van der Waals surface area contributed by atoms with E-state index in [0.717, 1.165) is 15.7 Å². The van der Waals surface area contributed by atoms with Crippen LogP contribution in [0.1, 0.15) is 11.3 Å². The van der Waals surface area contributed by atoms with Gasteiger partial charge in [0.2, 0.25) is 5.91 Å². The Morgan fingerprint density at radius 3 is 2.81 bits per heavy atom. The largest absolute Gasteiger partial charge is 0.310 e. The molecule has 0 aliphatic carbocycles. The molecule has 0 bridgehead atoms. The third-order valence-corrected chi connectivity index (χ3v) is 3.43. The highest BCUT2D eigenvalue weighted by Gasteiger charge is 2.11. The summed E-state index contributed by atoms with van der Waals surface area (Å²) in [4.78, 5) is 18.0. The third kappa shape index (κ3) is 4.64. The molecule has 0 aliphatic heterocycles. The molecule has 0 saturated carbocycles. The average Bonchev–Trinajstić information content (AvgIpc) is 2.70. The lowest BCUT2D eigenvalue weighted by Crippen LogP contribution is -2.30. The van der Waals surface area contributed by atoms with Gasteiger partial charge < -0.3 is 5.32 Å². The number of halogens is 1. The molecule has 112 valence electrons. The summed E-state index contributed by atoms with van der Waals surface area (Å²) in [5, 5.41) is 7.07. The highest BCUT2D eigenvalue weighted by Crippen LogP contribution is 2.11. The summed E-state index contributed by atoms with van der Waals surface area (Å²) in [6, 6.07) is 3.60. The number of carbonyl (C=O) groups is 1. The molecule has 1 amide bonds. The summed E-state index contributed by atoms with van der Waals surface area (Å²) in [6.45, 7) is 2.95. The molecule has 6 nitrogen and oxygen atoms in total. The number of pyridine rings is 1. The van der Waals surface area contributed by atoms with Gasteiger partial charge in [0.25, 0.3) is 0 Å². The molecular formula is C14H18BrN5O. The molecule has 0 radical (unpaired) electrons. The number of nitrogens with zero attached hydrogens (tertiary/aromatic N) is 4. The molecule has 0 aromatic carbocycles. The molecule has 0 aliphatic rings. The predicted octanol–water partition coefficient (Wildman–Crippen LogP) is 1.96. The van der Waals surface area contributed by atoms with Crippen LogP contribution in [0, 0.1) is 6.92 Å². The van der Waals surface area contributed by atoms with E-state index in [0.29, 0.717) is 18.9 Å². The molecule has 0 spiro atoms. The molecule has 21 heavy (non-hydrogen) atoms. The summed E-state index contributed by atoms with van der Waals surface area (Å²) >= 11 is 3.31. The molecule has 0 fully saturated rings. The van der Waals surface area contributed by atoms with Gasteiger partial charge in [0.1, 0.15) is 5.82 Å². The van der Waals surface area contributed by atoms with E-state index in [1.807, 2.05) is 38.2 Å². The van der Waals surface area contributed by atoms with Crippen LogP contribution in [-0.4, -0.2) is 39.2 Å². The highest BCUT2D eigenvalue weighted by atomic mass is 79.9. The first-order valence-electron chi connectivity index (χ1n) is 6.53. The van der Waals surface area contributed by atoms with Crippen LogP contribution in [0.4, 0.5) is 5.82 Å². The number of hydrogen-bond donors (Lipinski definition) is 1. The van der Waals surface area contributed by atoms with E-state index in [2.05, 4.69) is 31.3 Å². The van der Waals surface area contributed by atoms with E-state index in [9.17, 15) is 4.79 Å². The van der Waals surface area contributed by atoms with Crippen molar-refractivity contribution in [3.05, 3.63) is 40.3 Å². The van der Waals surface area contributed by atoms with E-state index in [1.165, 1.54) is 0 Å². The zero-order chi connectivity index (χ0) is 15.4. The Labute approximate surface area is 132 Å². The van der Waals surface area contributed by atoms with Crippen molar-refractivity contribution in [2.75, 3.05) is 18.9 Å². The zero-order valence-corrected chi connectivity index (χ0v) is 13.9. The van der Waals surface area contributed by atoms with Crippen LogP contribution in [0.25, 0.3) is 0 Å². The lowest BCUT2D eigenvalue weighted by molar-refractivity contribution is -0.117. The van der Waals surface area contributed by atoms with Crippen molar-refractivity contribution in [3.8, 4) is 0 Å². The second-order valence-electron chi connectivity index (χ2n) is 5.00. The smallest absolute Gasteiger partial charge is 0.239 e. The second-order valence-corrected chi connectivity index (χ2v) is 5.91. The molecule has 2 aromatic rings. The Hall–Kier alpha value is -1.73. The van der Waals surface area contributed by atoms with E-state index in [4.69, 9.17) is 0 Å². The standard InChI is InChI=1S/C14H18BrN5O/c1-10-11(8-20(3)18-10)7-19(2)9-14(21)17-13-5-4-12(15)6-16-13/h4-6,8H,7,9H2,1-3H3,(H,16,17,21). The molecule has 0 unspecified atom stereocenters. The van der Waals surface area contributed by atoms with Crippen LogP contribution in [0.3, 0.4) is 0 Å². The van der Waals surface area contributed by atoms with Crippen LogP contribution < -0.4 is 5.32 Å². The average molecular weight is 352 g/mol. The summed E-state index contributed by atoms with van der Waals surface area (Å²) < 4.78 is 2.66. The fraction of sp³-hybridized carbons (Fsp3) is 0.357. The van der Waals surface area contributed by atoms with Crippen LogP contribution in [0.5, 0.6) is 0 Å². The van der Waals surface area contributed by atoms with E-state index < -0.39 is 0 Å².